The van der Waals surface area contributed by atoms with Crippen LogP contribution in [-0.4, -0.2) is 43.9 Å². The lowest BCUT2D eigenvalue weighted by Gasteiger charge is -2.30. The molecule has 0 aromatic carbocycles. The topological polar surface area (TPSA) is 96.5 Å². The Hall–Kier alpha value is -1.67. The summed E-state index contributed by atoms with van der Waals surface area (Å²) < 4.78 is 30.7. The zero-order valence-corrected chi connectivity index (χ0v) is 11.9. The van der Waals surface area contributed by atoms with Crippen LogP contribution in [0.5, 0.6) is 0 Å². The lowest BCUT2D eigenvalue weighted by molar-refractivity contribution is -0.146. The summed E-state index contributed by atoms with van der Waals surface area (Å²) in [7, 11) is -2.61. The summed E-state index contributed by atoms with van der Waals surface area (Å²) in [5.41, 5.74) is -0.566. The van der Waals surface area contributed by atoms with E-state index >= 15 is 0 Å². The van der Waals surface area contributed by atoms with Gasteiger partial charge in [-0.3, -0.25) is 9.59 Å². The number of ether oxygens (including phenoxy) is 1. The fourth-order valence-corrected chi connectivity index (χ4v) is 3.82. The van der Waals surface area contributed by atoms with E-state index in [0.717, 1.165) is 6.07 Å². The lowest BCUT2D eigenvalue weighted by Crippen LogP contribution is -2.43. The normalized spacial score (nSPS) is 20.6. The molecular weight excluding hydrogens is 284 g/mol. The smallest absolute Gasteiger partial charge is 0.309 e. The minimum atomic E-state index is -3.89. The molecule has 1 aromatic heterocycles. The van der Waals surface area contributed by atoms with Crippen LogP contribution < -0.4 is 5.43 Å². The molecule has 1 fully saturated rings. The van der Waals surface area contributed by atoms with Gasteiger partial charge >= 0.3 is 5.97 Å². The van der Waals surface area contributed by atoms with Gasteiger partial charge in [0.25, 0.3) is 0 Å². The number of sulfonamides is 1. The predicted octanol–water partition coefficient (Wildman–Crippen LogP) is -0.0514. The van der Waals surface area contributed by atoms with Gasteiger partial charge in [-0.25, -0.2) is 8.42 Å². The molecule has 0 spiro atoms. The third kappa shape index (κ3) is 2.75. The van der Waals surface area contributed by atoms with Gasteiger partial charge in [-0.1, -0.05) is 0 Å². The molecule has 2 heterocycles. The second-order valence-electron chi connectivity index (χ2n) is 4.60. The first-order chi connectivity index (χ1) is 9.46. The van der Waals surface area contributed by atoms with Gasteiger partial charge in [0.15, 0.2) is 0 Å². The van der Waals surface area contributed by atoms with Gasteiger partial charge in [-0.2, -0.15) is 4.31 Å². The van der Waals surface area contributed by atoms with Crippen molar-refractivity contribution < 1.29 is 17.9 Å². The number of hydrogen-bond donors (Lipinski definition) is 1. The third-order valence-corrected chi connectivity index (χ3v) is 5.21. The van der Waals surface area contributed by atoms with Crippen LogP contribution in [0.4, 0.5) is 0 Å². The van der Waals surface area contributed by atoms with Gasteiger partial charge in [-0.05, 0) is 12.8 Å². The highest BCUT2D eigenvalue weighted by atomic mass is 32.2. The number of rotatable bonds is 3. The Labute approximate surface area is 116 Å². The fraction of sp³-hybridized carbons (Fsp3) is 0.500. The van der Waals surface area contributed by atoms with Gasteiger partial charge in [0.1, 0.15) is 4.90 Å². The van der Waals surface area contributed by atoms with Crippen LogP contribution in [0.2, 0.25) is 0 Å². The molecule has 0 radical (unpaired) electrons. The quantitative estimate of drug-likeness (QED) is 0.789. The molecule has 7 nitrogen and oxygen atoms in total. The molecule has 1 N–H and O–H groups in total. The molecule has 1 aliphatic rings. The van der Waals surface area contributed by atoms with Gasteiger partial charge < -0.3 is 9.72 Å². The minimum Gasteiger partial charge on any atom is -0.469 e. The zero-order valence-electron chi connectivity index (χ0n) is 11.0. The number of hydrogen-bond acceptors (Lipinski definition) is 5. The number of piperidine rings is 1. The fourth-order valence-electron chi connectivity index (χ4n) is 2.26. The van der Waals surface area contributed by atoms with Crippen LogP contribution in [-0.2, 0) is 19.6 Å². The van der Waals surface area contributed by atoms with Gasteiger partial charge in [0, 0.05) is 31.5 Å². The molecule has 0 aliphatic carbocycles. The van der Waals surface area contributed by atoms with E-state index in [2.05, 4.69) is 9.72 Å². The SMILES string of the molecule is COC(=O)C1CCCN(S(=O)(=O)c2c[nH]ccc2=O)C1. The Morgan fingerprint density at radius 2 is 2.25 bits per heavy atom. The van der Waals surface area contributed by atoms with E-state index in [1.54, 1.807) is 0 Å². The summed E-state index contributed by atoms with van der Waals surface area (Å²) in [6, 6.07) is 1.16. The van der Waals surface area contributed by atoms with Crippen molar-refractivity contribution in [1.29, 1.82) is 0 Å². The number of aromatic nitrogens is 1. The molecule has 2 rings (SSSR count). The van der Waals surface area contributed by atoms with Crippen molar-refractivity contribution >= 4 is 16.0 Å². The number of H-pyrrole nitrogens is 1. The number of methoxy groups -OCH3 is 1. The molecule has 0 saturated carbocycles. The van der Waals surface area contributed by atoms with E-state index in [4.69, 9.17) is 0 Å². The summed E-state index contributed by atoms with van der Waals surface area (Å²) in [6.07, 6.45) is 3.68. The van der Waals surface area contributed by atoms with Crippen LogP contribution in [0.1, 0.15) is 12.8 Å². The van der Waals surface area contributed by atoms with Crippen molar-refractivity contribution in [3.63, 3.8) is 0 Å². The largest absolute Gasteiger partial charge is 0.469 e. The molecule has 0 amide bonds. The minimum absolute atomic E-state index is 0.0450. The Kier molecular flexibility index (Phi) is 4.24. The van der Waals surface area contributed by atoms with E-state index in [1.165, 1.54) is 23.8 Å². The summed E-state index contributed by atoms with van der Waals surface area (Å²) in [5.74, 6) is -0.904. The molecule has 110 valence electrons. The van der Waals surface area contributed by atoms with Gasteiger partial charge in [-0.15, -0.1) is 0 Å². The molecule has 20 heavy (non-hydrogen) atoms. The first-order valence-corrected chi connectivity index (χ1v) is 7.66. The average Bonchev–Trinajstić information content (AvgIpc) is 2.47. The standard InChI is InChI=1S/C12H16N2O5S/c1-19-12(16)9-3-2-6-14(8-9)20(17,18)11-7-13-5-4-10(11)15/h4-5,7,9H,2-3,6,8H2,1H3,(H,13,15). The van der Waals surface area contributed by atoms with E-state index in [-0.39, 0.29) is 11.4 Å². The molecule has 8 heteroatoms. The Morgan fingerprint density at radius 1 is 1.50 bits per heavy atom. The first kappa shape index (κ1) is 14.7. The number of nitrogens with one attached hydrogen (secondary N) is 1. The second-order valence-corrected chi connectivity index (χ2v) is 6.50. The van der Waals surface area contributed by atoms with Crippen molar-refractivity contribution in [2.45, 2.75) is 17.7 Å². The Bertz CT molecular complexity index is 652. The summed E-state index contributed by atoms with van der Waals surface area (Å²) in [4.78, 5) is 25.5. The summed E-state index contributed by atoms with van der Waals surface area (Å²) in [5, 5.41) is 0. The van der Waals surface area contributed by atoms with E-state index in [9.17, 15) is 18.0 Å². The van der Waals surface area contributed by atoms with Gasteiger partial charge in [0.05, 0.1) is 13.0 Å². The molecular formula is C12H16N2O5S. The molecule has 1 unspecified atom stereocenters. The van der Waals surface area contributed by atoms with Crippen molar-refractivity contribution in [3.8, 4) is 0 Å². The third-order valence-electron chi connectivity index (χ3n) is 3.32. The van der Waals surface area contributed by atoms with Crippen molar-refractivity contribution in [1.82, 2.24) is 9.29 Å². The van der Waals surface area contributed by atoms with Gasteiger partial charge in [0.2, 0.25) is 15.5 Å². The van der Waals surface area contributed by atoms with Crippen molar-refractivity contribution in [2.75, 3.05) is 20.2 Å². The van der Waals surface area contributed by atoms with Crippen LogP contribution in [0.3, 0.4) is 0 Å². The molecule has 1 aromatic rings. The first-order valence-electron chi connectivity index (χ1n) is 6.22. The van der Waals surface area contributed by atoms with Crippen LogP contribution in [0.25, 0.3) is 0 Å². The number of carbonyl (C=O) groups is 1. The second kappa shape index (κ2) is 5.76. The maximum atomic E-state index is 12.4. The molecule has 1 atom stereocenters. The summed E-state index contributed by atoms with van der Waals surface area (Å²) in [6.45, 7) is 0.341. The lowest BCUT2D eigenvalue weighted by atomic mass is 10.0. The van der Waals surface area contributed by atoms with Crippen LogP contribution >= 0.6 is 0 Å². The van der Waals surface area contributed by atoms with E-state index < -0.39 is 27.3 Å². The highest BCUT2D eigenvalue weighted by Gasteiger charge is 2.34. The summed E-state index contributed by atoms with van der Waals surface area (Å²) >= 11 is 0. The number of aromatic amines is 1. The Morgan fingerprint density at radius 3 is 2.90 bits per heavy atom. The number of pyridine rings is 1. The zero-order chi connectivity index (χ0) is 14.8. The molecule has 0 bridgehead atoms. The molecule has 1 saturated heterocycles. The molecule has 1 aliphatic heterocycles. The maximum absolute atomic E-state index is 12.4. The van der Waals surface area contributed by atoms with Crippen molar-refractivity contribution in [3.05, 3.63) is 28.7 Å². The van der Waals surface area contributed by atoms with Crippen molar-refractivity contribution in [2.24, 2.45) is 5.92 Å². The predicted molar refractivity (Wildman–Crippen MR) is 70.6 cm³/mol. The average molecular weight is 300 g/mol. The highest BCUT2D eigenvalue weighted by Crippen LogP contribution is 2.22. The highest BCUT2D eigenvalue weighted by molar-refractivity contribution is 7.89. The Balaban J connectivity index is 2.29. The number of esters is 1. The number of carbonyl (C=O) groups excluding carboxylic acids is 1. The van der Waals surface area contributed by atoms with E-state index in [0.29, 0.717) is 19.4 Å². The van der Waals surface area contributed by atoms with E-state index in [1.807, 2.05) is 0 Å². The monoisotopic (exact) mass is 300 g/mol. The maximum Gasteiger partial charge on any atom is 0.309 e. The van der Waals surface area contributed by atoms with Crippen LogP contribution in [0.15, 0.2) is 28.2 Å². The van der Waals surface area contributed by atoms with Crippen LogP contribution in [0, 0.1) is 5.92 Å². The number of nitrogens with zero attached hydrogens (tertiary/aromatic N) is 1.